The summed E-state index contributed by atoms with van der Waals surface area (Å²) in [5, 5.41) is 2.80. The van der Waals surface area contributed by atoms with Gasteiger partial charge in [-0.05, 0) is 55.7 Å². The quantitative estimate of drug-likeness (QED) is 0.670. The predicted octanol–water partition coefficient (Wildman–Crippen LogP) is 2.46. The van der Waals surface area contributed by atoms with E-state index in [1.807, 2.05) is 13.0 Å². The van der Waals surface area contributed by atoms with E-state index in [9.17, 15) is 13.2 Å². The molecule has 8 heteroatoms. The Morgan fingerprint density at radius 3 is 2.61 bits per heavy atom. The van der Waals surface area contributed by atoms with Crippen LogP contribution >= 0.6 is 0 Å². The van der Waals surface area contributed by atoms with Crippen molar-refractivity contribution in [3.8, 4) is 11.5 Å². The van der Waals surface area contributed by atoms with Gasteiger partial charge in [0.1, 0.15) is 0 Å². The lowest BCUT2D eigenvalue weighted by molar-refractivity contribution is 0.0950. The summed E-state index contributed by atoms with van der Waals surface area (Å²) in [6, 6.07) is 11.5. The zero-order valence-electron chi connectivity index (χ0n) is 15.9. The fourth-order valence-corrected chi connectivity index (χ4v) is 4.02. The van der Waals surface area contributed by atoms with E-state index in [4.69, 9.17) is 9.47 Å². The molecule has 0 unspecified atom stereocenters. The van der Waals surface area contributed by atoms with Gasteiger partial charge in [-0.25, -0.2) is 13.1 Å². The number of carbonyl (C=O) groups excluding carboxylic acids is 1. The van der Waals surface area contributed by atoms with E-state index in [1.54, 1.807) is 31.4 Å². The van der Waals surface area contributed by atoms with E-state index in [0.29, 0.717) is 18.1 Å². The molecule has 1 fully saturated rings. The van der Waals surface area contributed by atoms with Gasteiger partial charge in [-0.1, -0.05) is 12.1 Å². The molecule has 150 valence electrons. The summed E-state index contributed by atoms with van der Waals surface area (Å²) in [5.74, 6) is 0.880. The first-order chi connectivity index (χ1) is 13.4. The van der Waals surface area contributed by atoms with Crippen molar-refractivity contribution in [1.82, 2.24) is 10.0 Å². The van der Waals surface area contributed by atoms with Crippen molar-refractivity contribution in [2.75, 3.05) is 13.7 Å². The lowest BCUT2D eigenvalue weighted by atomic mass is 10.1. The number of amides is 1. The summed E-state index contributed by atoms with van der Waals surface area (Å²) < 4.78 is 38.0. The van der Waals surface area contributed by atoms with Crippen LogP contribution in [0.1, 0.15) is 35.7 Å². The molecule has 2 aromatic carbocycles. The number of hydrogen-bond donors (Lipinski definition) is 2. The van der Waals surface area contributed by atoms with Crippen molar-refractivity contribution < 1.29 is 22.7 Å². The number of nitrogens with one attached hydrogen (secondary N) is 2. The van der Waals surface area contributed by atoms with Crippen molar-refractivity contribution >= 4 is 15.9 Å². The fourth-order valence-electron chi connectivity index (χ4n) is 2.67. The first-order valence-electron chi connectivity index (χ1n) is 9.13. The summed E-state index contributed by atoms with van der Waals surface area (Å²) in [4.78, 5) is 12.6. The van der Waals surface area contributed by atoms with Gasteiger partial charge in [0, 0.05) is 18.2 Å². The lowest BCUT2D eigenvalue weighted by Gasteiger charge is -2.12. The molecule has 0 aromatic heterocycles. The minimum atomic E-state index is -3.60. The van der Waals surface area contributed by atoms with E-state index < -0.39 is 10.0 Å². The van der Waals surface area contributed by atoms with E-state index in [0.717, 1.165) is 18.4 Å². The van der Waals surface area contributed by atoms with Gasteiger partial charge >= 0.3 is 0 Å². The van der Waals surface area contributed by atoms with Crippen molar-refractivity contribution in [3.63, 3.8) is 0 Å². The van der Waals surface area contributed by atoms with Gasteiger partial charge in [-0.2, -0.15) is 0 Å². The third kappa shape index (κ3) is 5.02. The van der Waals surface area contributed by atoms with Crippen LogP contribution in [0.2, 0.25) is 0 Å². The van der Waals surface area contributed by atoms with Gasteiger partial charge in [0.05, 0.1) is 18.6 Å². The largest absolute Gasteiger partial charge is 0.493 e. The molecular formula is C20H24N2O5S. The fraction of sp³-hybridized carbons (Fsp3) is 0.350. The van der Waals surface area contributed by atoms with Gasteiger partial charge in [0.15, 0.2) is 11.5 Å². The van der Waals surface area contributed by atoms with E-state index in [1.165, 1.54) is 12.1 Å². The van der Waals surface area contributed by atoms with Crippen molar-refractivity contribution in [2.24, 2.45) is 0 Å². The van der Waals surface area contributed by atoms with Crippen LogP contribution in [0, 0.1) is 0 Å². The summed E-state index contributed by atoms with van der Waals surface area (Å²) in [5.41, 5.74) is 1.13. The molecule has 0 aliphatic heterocycles. The molecular weight excluding hydrogens is 380 g/mol. The molecule has 1 saturated carbocycles. The Labute approximate surface area is 165 Å². The normalized spacial score (nSPS) is 13.8. The maximum Gasteiger partial charge on any atom is 0.251 e. The molecule has 2 aromatic rings. The molecule has 2 N–H and O–H groups in total. The zero-order valence-corrected chi connectivity index (χ0v) is 16.7. The SMILES string of the molecule is CCOc1ccc(CNC(=O)c2cccc(S(=O)(=O)NC3CC3)c2)cc1OC. The topological polar surface area (TPSA) is 93.7 Å². The van der Waals surface area contributed by atoms with Crippen molar-refractivity contribution in [2.45, 2.75) is 37.2 Å². The van der Waals surface area contributed by atoms with E-state index in [2.05, 4.69) is 10.0 Å². The van der Waals surface area contributed by atoms with Crippen LogP contribution in [-0.2, 0) is 16.6 Å². The molecule has 7 nitrogen and oxygen atoms in total. The molecule has 28 heavy (non-hydrogen) atoms. The molecule has 0 heterocycles. The molecule has 0 atom stereocenters. The predicted molar refractivity (Wildman–Crippen MR) is 105 cm³/mol. The molecule has 0 spiro atoms. The second kappa shape index (κ2) is 8.62. The number of hydrogen-bond acceptors (Lipinski definition) is 5. The highest BCUT2D eigenvalue weighted by molar-refractivity contribution is 7.89. The van der Waals surface area contributed by atoms with Crippen LogP contribution in [0.3, 0.4) is 0 Å². The molecule has 0 bridgehead atoms. The first-order valence-corrected chi connectivity index (χ1v) is 10.6. The molecule has 3 rings (SSSR count). The summed E-state index contributed by atoms with van der Waals surface area (Å²) in [6.45, 7) is 2.70. The number of methoxy groups -OCH3 is 1. The molecule has 0 radical (unpaired) electrons. The minimum absolute atomic E-state index is 0.0112. The Balaban J connectivity index is 1.67. The minimum Gasteiger partial charge on any atom is -0.493 e. The highest BCUT2D eigenvalue weighted by Gasteiger charge is 2.28. The Kier molecular flexibility index (Phi) is 6.21. The monoisotopic (exact) mass is 404 g/mol. The summed E-state index contributed by atoms with van der Waals surface area (Å²) in [7, 11) is -2.04. The van der Waals surface area contributed by atoms with Crippen LogP contribution in [0.4, 0.5) is 0 Å². The standard InChI is InChI=1S/C20H24N2O5S/c1-3-27-18-10-7-14(11-19(18)26-2)13-21-20(23)15-5-4-6-17(12-15)28(24,25)22-16-8-9-16/h4-7,10-12,16,22H,3,8-9,13H2,1-2H3,(H,21,23). The second-order valence-corrected chi connectivity index (χ2v) is 8.24. The zero-order chi connectivity index (χ0) is 20.1. The lowest BCUT2D eigenvalue weighted by Crippen LogP contribution is -2.27. The Morgan fingerprint density at radius 2 is 1.93 bits per heavy atom. The van der Waals surface area contributed by atoms with Crippen LogP contribution in [0.5, 0.6) is 11.5 Å². The maximum absolute atomic E-state index is 12.5. The van der Waals surface area contributed by atoms with Crippen molar-refractivity contribution in [1.29, 1.82) is 0 Å². The third-order valence-corrected chi connectivity index (χ3v) is 5.80. The van der Waals surface area contributed by atoms with Crippen LogP contribution in [0.25, 0.3) is 0 Å². The Bertz CT molecular complexity index is 955. The maximum atomic E-state index is 12.5. The number of ether oxygens (including phenoxy) is 2. The number of sulfonamides is 1. The first kappa shape index (κ1) is 20.2. The van der Waals surface area contributed by atoms with Gasteiger partial charge in [0.2, 0.25) is 10.0 Å². The van der Waals surface area contributed by atoms with Gasteiger partial charge in [-0.15, -0.1) is 0 Å². The number of carbonyl (C=O) groups is 1. The van der Waals surface area contributed by atoms with Crippen LogP contribution in [-0.4, -0.2) is 34.1 Å². The van der Waals surface area contributed by atoms with Crippen molar-refractivity contribution in [3.05, 3.63) is 53.6 Å². The smallest absolute Gasteiger partial charge is 0.251 e. The summed E-state index contributed by atoms with van der Waals surface area (Å²) in [6.07, 6.45) is 1.70. The van der Waals surface area contributed by atoms with E-state index in [-0.39, 0.29) is 29.0 Å². The molecule has 1 amide bonds. The van der Waals surface area contributed by atoms with E-state index >= 15 is 0 Å². The molecule has 1 aliphatic carbocycles. The number of benzene rings is 2. The highest BCUT2D eigenvalue weighted by Crippen LogP contribution is 2.28. The Hall–Kier alpha value is -2.58. The van der Waals surface area contributed by atoms with Crippen LogP contribution < -0.4 is 19.5 Å². The highest BCUT2D eigenvalue weighted by atomic mass is 32.2. The summed E-state index contributed by atoms with van der Waals surface area (Å²) >= 11 is 0. The van der Waals surface area contributed by atoms with Gasteiger partial charge < -0.3 is 14.8 Å². The van der Waals surface area contributed by atoms with Gasteiger partial charge in [-0.3, -0.25) is 4.79 Å². The molecule has 0 saturated heterocycles. The number of rotatable bonds is 9. The third-order valence-electron chi connectivity index (χ3n) is 4.29. The Morgan fingerprint density at radius 1 is 1.14 bits per heavy atom. The molecule has 1 aliphatic rings. The van der Waals surface area contributed by atoms with Crippen LogP contribution in [0.15, 0.2) is 47.4 Å². The average molecular weight is 404 g/mol. The van der Waals surface area contributed by atoms with Gasteiger partial charge in [0.25, 0.3) is 5.91 Å². The average Bonchev–Trinajstić information content (AvgIpc) is 3.50. The second-order valence-electron chi connectivity index (χ2n) is 6.52.